The third kappa shape index (κ3) is 7.75. The number of carbonyl (C=O) groups excluding carboxylic acids is 2. The molecule has 2 aromatic rings. The molecule has 0 unspecified atom stereocenters. The third-order valence-corrected chi connectivity index (χ3v) is 5.86. The standard InChI is InChI=1S/C23H29ClN2O2S/c1-17(2)15-25-23(28)18(3)26(16-19-9-7-8-12-21(19)24)22(27)13-14-29-20-10-5-4-6-11-20/h4-12,17-18H,13-16H2,1-3H3,(H,25,28)/t18-/m1/s1. The molecular weight excluding hydrogens is 404 g/mol. The number of hydrogen-bond donors (Lipinski definition) is 1. The number of hydrogen-bond acceptors (Lipinski definition) is 3. The van der Waals surface area contributed by atoms with Crippen molar-refractivity contribution < 1.29 is 9.59 Å². The van der Waals surface area contributed by atoms with Gasteiger partial charge in [-0.1, -0.05) is 61.8 Å². The first-order chi connectivity index (χ1) is 13.9. The molecule has 0 aromatic heterocycles. The second-order valence-electron chi connectivity index (χ2n) is 7.34. The summed E-state index contributed by atoms with van der Waals surface area (Å²) in [5.41, 5.74) is 0.835. The summed E-state index contributed by atoms with van der Waals surface area (Å²) in [6, 6.07) is 16.8. The van der Waals surface area contributed by atoms with E-state index < -0.39 is 6.04 Å². The number of rotatable bonds is 10. The molecule has 2 amide bonds. The van der Waals surface area contributed by atoms with Gasteiger partial charge >= 0.3 is 0 Å². The molecule has 0 fully saturated rings. The van der Waals surface area contributed by atoms with Gasteiger partial charge in [0.15, 0.2) is 0 Å². The van der Waals surface area contributed by atoms with Crippen LogP contribution in [0.3, 0.4) is 0 Å². The maximum atomic E-state index is 13.0. The van der Waals surface area contributed by atoms with Gasteiger partial charge < -0.3 is 10.2 Å². The first-order valence-corrected chi connectivity index (χ1v) is 11.2. The molecule has 4 nitrogen and oxygen atoms in total. The molecule has 0 aliphatic carbocycles. The van der Waals surface area contributed by atoms with Crippen LogP contribution in [0.1, 0.15) is 32.8 Å². The Kier molecular flexibility index (Phi) is 9.55. The lowest BCUT2D eigenvalue weighted by atomic mass is 10.1. The second-order valence-corrected chi connectivity index (χ2v) is 8.92. The molecule has 0 heterocycles. The van der Waals surface area contributed by atoms with Gasteiger partial charge in [-0.3, -0.25) is 9.59 Å². The largest absolute Gasteiger partial charge is 0.354 e. The van der Waals surface area contributed by atoms with E-state index in [4.69, 9.17) is 11.6 Å². The van der Waals surface area contributed by atoms with Crippen molar-refractivity contribution >= 4 is 35.2 Å². The van der Waals surface area contributed by atoms with E-state index in [0.717, 1.165) is 10.5 Å². The smallest absolute Gasteiger partial charge is 0.242 e. The van der Waals surface area contributed by atoms with Crippen molar-refractivity contribution in [3.05, 3.63) is 65.2 Å². The Morgan fingerprint density at radius 2 is 1.69 bits per heavy atom. The predicted molar refractivity (Wildman–Crippen MR) is 121 cm³/mol. The Balaban J connectivity index is 2.06. The molecule has 29 heavy (non-hydrogen) atoms. The van der Waals surface area contributed by atoms with Crippen molar-refractivity contribution in [3.63, 3.8) is 0 Å². The van der Waals surface area contributed by atoms with Crippen molar-refractivity contribution in [2.24, 2.45) is 5.92 Å². The van der Waals surface area contributed by atoms with Crippen molar-refractivity contribution in [3.8, 4) is 0 Å². The van der Waals surface area contributed by atoms with Gasteiger partial charge in [0.05, 0.1) is 0 Å². The van der Waals surface area contributed by atoms with Gasteiger partial charge in [0.1, 0.15) is 6.04 Å². The second kappa shape index (κ2) is 11.9. The Morgan fingerprint density at radius 1 is 1.03 bits per heavy atom. The van der Waals surface area contributed by atoms with Crippen LogP contribution in [0.25, 0.3) is 0 Å². The van der Waals surface area contributed by atoms with E-state index in [1.54, 1.807) is 29.7 Å². The van der Waals surface area contributed by atoms with Gasteiger partial charge in [-0.05, 0) is 36.6 Å². The van der Waals surface area contributed by atoms with E-state index in [9.17, 15) is 9.59 Å². The molecule has 0 saturated heterocycles. The minimum absolute atomic E-state index is 0.0550. The quantitative estimate of drug-likeness (QED) is 0.537. The summed E-state index contributed by atoms with van der Waals surface area (Å²) in [7, 11) is 0. The van der Waals surface area contributed by atoms with Gasteiger partial charge in [-0.25, -0.2) is 0 Å². The van der Waals surface area contributed by atoms with Crippen molar-refractivity contribution in [2.45, 2.75) is 44.7 Å². The van der Waals surface area contributed by atoms with Crippen LogP contribution in [0.2, 0.25) is 5.02 Å². The third-order valence-electron chi connectivity index (χ3n) is 4.48. The summed E-state index contributed by atoms with van der Waals surface area (Å²) in [5, 5.41) is 3.52. The van der Waals surface area contributed by atoms with E-state index in [-0.39, 0.29) is 11.8 Å². The number of benzene rings is 2. The van der Waals surface area contributed by atoms with Crippen molar-refractivity contribution in [2.75, 3.05) is 12.3 Å². The predicted octanol–water partition coefficient (Wildman–Crippen LogP) is 5.01. The zero-order chi connectivity index (χ0) is 21.2. The lowest BCUT2D eigenvalue weighted by Crippen LogP contribution is -2.48. The van der Waals surface area contributed by atoms with Crippen LogP contribution in [-0.2, 0) is 16.1 Å². The first-order valence-electron chi connectivity index (χ1n) is 9.87. The van der Waals surface area contributed by atoms with E-state index >= 15 is 0 Å². The van der Waals surface area contributed by atoms with E-state index in [1.807, 2.05) is 62.4 Å². The van der Waals surface area contributed by atoms with Crippen LogP contribution < -0.4 is 5.32 Å². The fraction of sp³-hybridized carbons (Fsp3) is 0.391. The van der Waals surface area contributed by atoms with Crippen LogP contribution >= 0.6 is 23.4 Å². The Hall–Kier alpha value is -1.98. The van der Waals surface area contributed by atoms with Crippen LogP contribution in [0.4, 0.5) is 0 Å². The molecule has 0 aliphatic heterocycles. The number of thioether (sulfide) groups is 1. The van der Waals surface area contributed by atoms with Gasteiger partial charge in [-0.15, -0.1) is 11.8 Å². The number of carbonyl (C=O) groups is 2. The molecule has 0 radical (unpaired) electrons. The summed E-state index contributed by atoms with van der Waals surface area (Å²) < 4.78 is 0. The molecule has 2 rings (SSSR count). The van der Waals surface area contributed by atoms with Crippen LogP contribution in [0.5, 0.6) is 0 Å². The molecule has 0 saturated carbocycles. The fourth-order valence-electron chi connectivity index (χ4n) is 2.76. The number of halogens is 1. The summed E-state index contributed by atoms with van der Waals surface area (Å²) in [6.45, 7) is 6.75. The lowest BCUT2D eigenvalue weighted by molar-refractivity contribution is -0.140. The molecule has 6 heteroatoms. The minimum Gasteiger partial charge on any atom is -0.354 e. The summed E-state index contributed by atoms with van der Waals surface area (Å²) >= 11 is 7.94. The molecule has 0 bridgehead atoms. The van der Waals surface area contributed by atoms with Crippen molar-refractivity contribution in [1.29, 1.82) is 0 Å². The average Bonchev–Trinajstić information content (AvgIpc) is 2.71. The van der Waals surface area contributed by atoms with Gasteiger partial charge in [0.25, 0.3) is 0 Å². The van der Waals surface area contributed by atoms with E-state index in [0.29, 0.717) is 36.2 Å². The number of nitrogens with zero attached hydrogens (tertiary/aromatic N) is 1. The van der Waals surface area contributed by atoms with Gasteiger partial charge in [0.2, 0.25) is 11.8 Å². The summed E-state index contributed by atoms with van der Waals surface area (Å²) in [4.78, 5) is 28.4. The highest BCUT2D eigenvalue weighted by molar-refractivity contribution is 7.99. The molecule has 2 aromatic carbocycles. The van der Waals surface area contributed by atoms with E-state index in [1.165, 1.54) is 0 Å². The van der Waals surface area contributed by atoms with E-state index in [2.05, 4.69) is 5.32 Å². The zero-order valence-electron chi connectivity index (χ0n) is 17.2. The molecule has 1 N–H and O–H groups in total. The minimum atomic E-state index is -0.570. The monoisotopic (exact) mass is 432 g/mol. The van der Waals surface area contributed by atoms with Gasteiger partial charge in [0, 0.05) is 35.2 Å². The maximum absolute atomic E-state index is 13.0. The Morgan fingerprint density at radius 3 is 2.34 bits per heavy atom. The molecule has 156 valence electrons. The highest BCUT2D eigenvalue weighted by atomic mass is 35.5. The number of amides is 2. The topological polar surface area (TPSA) is 49.4 Å². The van der Waals surface area contributed by atoms with Gasteiger partial charge in [-0.2, -0.15) is 0 Å². The molecule has 1 atom stereocenters. The normalized spacial score (nSPS) is 11.9. The molecule has 0 spiro atoms. The lowest BCUT2D eigenvalue weighted by Gasteiger charge is -2.29. The van der Waals surface area contributed by atoms with Crippen LogP contribution in [0, 0.1) is 5.92 Å². The fourth-order valence-corrected chi connectivity index (χ4v) is 3.82. The number of nitrogens with one attached hydrogen (secondary N) is 1. The molecule has 0 aliphatic rings. The Labute approximate surface area is 183 Å². The maximum Gasteiger partial charge on any atom is 0.242 e. The SMILES string of the molecule is CC(C)CNC(=O)[C@@H](C)N(Cc1ccccc1Cl)C(=O)CCSc1ccccc1. The highest BCUT2D eigenvalue weighted by Crippen LogP contribution is 2.21. The zero-order valence-corrected chi connectivity index (χ0v) is 18.8. The van der Waals surface area contributed by atoms with Crippen LogP contribution in [-0.4, -0.2) is 35.1 Å². The molecular formula is C23H29ClN2O2S. The average molecular weight is 433 g/mol. The van der Waals surface area contributed by atoms with Crippen molar-refractivity contribution in [1.82, 2.24) is 10.2 Å². The summed E-state index contributed by atoms with van der Waals surface area (Å²) in [5.74, 6) is 0.805. The first kappa shape index (κ1) is 23.3. The Bertz CT molecular complexity index is 798. The highest BCUT2D eigenvalue weighted by Gasteiger charge is 2.26. The summed E-state index contributed by atoms with van der Waals surface area (Å²) in [6.07, 6.45) is 0.353. The van der Waals surface area contributed by atoms with Crippen LogP contribution in [0.15, 0.2) is 59.5 Å².